The standard InChI is InChI=1S/C67H47N5O/c1-42-67(43(2)69-44(3)68-42)72-62-24-13-11-22-56(62)59-38-48(28-35-64(59)72)47-17-14-20-53(37-47)70(52-30-25-46(26-31-52)45-15-6-4-7-16-45)54-32-33-57-60-40-50(29-36-65(60)73-66(57)41-54)49-27-34-63-58(39-49)55-21-10-12-23-61(55)71(63)51-18-8-5-9-19-51/h4-41H,1-3H3. The van der Waals surface area contributed by atoms with E-state index in [1.165, 1.54) is 38.1 Å². The molecule has 4 aromatic heterocycles. The fraction of sp³-hybridized carbons (Fsp3) is 0.0448. The Morgan fingerprint density at radius 1 is 0.329 bits per heavy atom. The van der Waals surface area contributed by atoms with Crippen molar-refractivity contribution in [2.75, 3.05) is 4.90 Å². The Bertz CT molecular complexity index is 4440. The lowest BCUT2D eigenvalue weighted by atomic mass is 10.00. The van der Waals surface area contributed by atoms with Gasteiger partial charge in [0.1, 0.15) is 17.0 Å². The summed E-state index contributed by atoms with van der Waals surface area (Å²) in [6, 6.07) is 83.2. The van der Waals surface area contributed by atoms with Crippen LogP contribution in [0.5, 0.6) is 0 Å². The van der Waals surface area contributed by atoms with E-state index in [0.717, 1.165) is 106 Å². The molecule has 6 nitrogen and oxygen atoms in total. The number of nitrogens with zero attached hydrogens (tertiary/aromatic N) is 5. The molecule has 0 N–H and O–H groups in total. The third-order valence-corrected chi connectivity index (χ3v) is 14.6. The van der Waals surface area contributed by atoms with Gasteiger partial charge in [-0.3, -0.25) is 0 Å². The number of anilines is 3. The predicted octanol–water partition coefficient (Wildman–Crippen LogP) is 18.0. The highest BCUT2D eigenvalue weighted by atomic mass is 16.3. The molecule has 14 aromatic rings. The maximum absolute atomic E-state index is 6.75. The molecule has 6 heteroatoms. The second-order valence-corrected chi connectivity index (χ2v) is 19.1. The SMILES string of the molecule is Cc1nc(C)c(-n2c3ccccc3c3cc(-c4cccc(N(c5ccc(-c6ccccc6)cc5)c5ccc6c(c5)oc5ccc(-c7ccc8c(c7)c7ccccc7n8-c7ccccc7)cc56)c4)ccc32)c(C)n1. The Morgan fingerprint density at radius 2 is 0.822 bits per heavy atom. The van der Waals surface area contributed by atoms with Crippen LogP contribution in [0.1, 0.15) is 17.2 Å². The number of fused-ring (bicyclic) bond motifs is 9. The highest BCUT2D eigenvalue weighted by Gasteiger charge is 2.21. The molecule has 4 heterocycles. The van der Waals surface area contributed by atoms with Gasteiger partial charge in [0.05, 0.1) is 39.1 Å². The quantitative estimate of drug-likeness (QED) is 0.152. The van der Waals surface area contributed by atoms with E-state index in [0.29, 0.717) is 0 Å². The first-order valence-electron chi connectivity index (χ1n) is 24.9. The smallest absolute Gasteiger partial charge is 0.137 e. The summed E-state index contributed by atoms with van der Waals surface area (Å²) in [7, 11) is 0. The van der Waals surface area contributed by atoms with Gasteiger partial charge in [0, 0.05) is 61.1 Å². The number of aryl methyl sites for hydroxylation is 3. The number of hydrogen-bond acceptors (Lipinski definition) is 4. The van der Waals surface area contributed by atoms with Crippen LogP contribution in [0, 0.1) is 20.8 Å². The van der Waals surface area contributed by atoms with E-state index in [1.54, 1.807) is 0 Å². The number of benzene rings is 10. The summed E-state index contributed by atoms with van der Waals surface area (Å²) in [6.45, 7) is 6.11. The lowest BCUT2D eigenvalue weighted by Gasteiger charge is -2.26. The molecule has 0 fully saturated rings. The normalized spacial score (nSPS) is 11.8. The van der Waals surface area contributed by atoms with Crippen LogP contribution in [-0.4, -0.2) is 19.1 Å². The van der Waals surface area contributed by atoms with Gasteiger partial charge >= 0.3 is 0 Å². The molecular weight excluding hydrogens is 891 g/mol. The minimum atomic E-state index is 0.782. The lowest BCUT2D eigenvalue weighted by Crippen LogP contribution is -2.10. The largest absolute Gasteiger partial charge is 0.456 e. The van der Waals surface area contributed by atoms with Gasteiger partial charge in [0.25, 0.3) is 0 Å². The summed E-state index contributed by atoms with van der Waals surface area (Å²) >= 11 is 0. The lowest BCUT2D eigenvalue weighted by molar-refractivity contribution is 0.669. The molecule has 10 aromatic carbocycles. The van der Waals surface area contributed by atoms with E-state index in [2.05, 4.69) is 258 Å². The zero-order valence-electron chi connectivity index (χ0n) is 40.6. The van der Waals surface area contributed by atoms with Gasteiger partial charge in [-0.1, -0.05) is 127 Å². The molecule has 0 atom stereocenters. The van der Waals surface area contributed by atoms with Crippen LogP contribution in [0.25, 0.3) is 110 Å². The maximum atomic E-state index is 6.75. The number of hydrogen-bond donors (Lipinski definition) is 0. The van der Waals surface area contributed by atoms with Gasteiger partial charge in [-0.25, -0.2) is 9.97 Å². The monoisotopic (exact) mass is 937 g/mol. The molecule has 0 aliphatic heterocycles. The van der Waals surface area contributed by atoms with Gasteiger partial charge < -0.3 is 18.5 Å². The number of para-hydroxylation sites is 3. The number of rotatable bonds is 8. The van der Waals surface area contributed by atoms with E-state index in [1.807, 2.05) is 6.92 Å². The highest BCUT2D eigenvalue weighted by Crippen LogP contribution is 2.43. The van der Waals surface area contributed by atoms with E-state index in [4.69, 9.17) is 14.4 Å². The Hall–Kier alpha value is -9.52. The van der Waals surface area contributed by atoms with Gasteiger partial charge in [-0.15, -0.1) is 0 Å². The van der Waals surface area contributed by atoms with E-state index in [9.17, 15) is 0 Å². The van der Waals surface area contributed by atoms with Crippen molar-refractivity contribution in [2.45, 2.75) is 20.8 Å². The van der Waals surface area contributed by atoms with E-state index >= 15 is 0 Å². The summed E-state index contributed by atoms with van der Waals surface area (Å²) in [5.41, 5.74) is 20.4. The van der Waals surface area contributed by atoms with Crippen LogP contribution in [0.4, 0.5) is 17.1 Å². The molecule has 0 radical (unpaired) electrons. The fourth-order valence-electron chi connectivity index (χ4n) is 11.4. The predicted molar refractivity (Wildman–Crippen MR) is 303 cm³/mol. The first kappa shape index (κ1) is 42.4. The highest BCUT2D eigenvalue weighted by molar-refractivity contribution is 6.13. The van der Waals surface area contributed by atoms with Gasteiger partial charge in [0.2, 0.25) is 0 Å². The van der Waals surface area contributed by atoms with Crippen molar-refractivity contribution >= 4 is 82.6 Å². The van der Waals surface area contributed by atoms with Crippen molar-refractivity contribution in [2.24, 2.45) is 0 Å². The first-order chi connectivity index (χ1) is 35.9. The van der Waals surface area contributed by atoms with Crippen LogP contribution in [0.2, 0.25) is 0 Å². The van der Waals surface area contributed by atoms with Crippen LogP contribution < -0.4 is 4.90 Å². The second kappa shape index (κ2) is 16.8. The van der Waals surface area contributed by atoms with Gasteiger partial charge in [-0.05, 0) is 151 Å². The molecular formula is C67H47N5O. The van der Waals surface area contributed by atoms with Gasteiger partial charge in [0.15, 0.2) is 0 Å². The van der Waals surface area contributed by atoms with Crippen LogP contribution >= 0.6 is 0 Å². The molecule has 0 amide bonds. The Morgan fingerprint density at radius 3 is 1.51 bits per heavy atom. The average molecular weight is 938 g/mol. The van der Waals surface area contributed by atoms with Crippen LogP contribution in [0.3, 0.4) is 0 Å². The molecule has 0 saturated heterocycles. The average Bonchev–Trinajstić information content (AvgIpc) is 4.08. The van der Waals surface area contributed by atoms with Crippen molar-refractivity contribution in [1.82, 2.24) is 19.1 Å². The molecule has 346 valence electrons. The molecule has 0 spiro atoms. The Balaban J connectivity index is 0.871. The summed E-state index contributed by atoms with van der Waals surface area (Å²) < 4.78 is 11.4. The van der Waals surface area contributed by atoms with E-state index < -0.39 is 0 Å². The van der Waals surface area contributed by atoms with Gasteiger partial charge in [-0.2, -0.15) is 0 Å². The summed E-state index contributed by atoms with van der Waals surface area (Å²) in [4.78, 5) is 11.9. The summed E-state index contributed by atoms with van der Waals surface area (Å²) in [5, 5.41) is 7.00. The van der Waals surface area contributed by atoms with Crippen molar-refractivity contribution in [3.05, 3.63) is 248 Å². The molecule has 73 heavy (non-hydrogen) atoms. The van der Waals surface area contributed by atoms with Crippen LogP contribution in [0.15, 0.2) is 235 Å². The minimum Gasteiger partial charge on any atom is -0.456 e. The van der Waals surface area contributed by atoms with Crippen molar-refractivity contribution < 1.29 is 4.42 Å². The first-order valence-corrected chi connectivity index (χ1v) is 24.9. The topological polar surface area (TPSA) is 52.0 Å². The molecule has 0 aliphatic rings. The van der Waals surface area contributed by atoms with E-state index in [-0.39, 0.29) is 0 Å². The summed E-state index contributed by atoms with van der Waals surface area (Å²) in [5.74, 6) is 0.782. The van der Waals surface area contributed by atoms with Crippen molar-refractivity contribution in [3.63, 3.8) is 0 Å². The molecule has 0 unspecified atom stereocenters. The maximum Gasteiger partial charge on any atom is 0.137 e. The second-order valence-electron chi connectivity index (χ2n) is 19.1. The van der Waals surface area contributed by atoms with Crippen LogP contribution in [-0.2, 0) is 0 Å². The molecule has 0 saturated carbocycles. The molecule has 14 rings (SSSR count). The number of furan rings is 1. The molecule has 0 bridgehead atoms. The Kier molecular flexibility index (Phi) is 9.76. The summed E-state index contributed by atoms with van der Waals surface area (Å²) in [6.07, 6.45) is 0. The zero-order valence-corrected chi connectivity index (χ0v) is 40.6. The minimum absolute atomic E-state index is 0.782. The van der Waals surface area contributed by atoms with Crippen molar-refractivity contribution in [3.8, 4) is 44.8 Å². The third kappa shape index (κ3) is 7.02. The Labute approximate surface area is 422 Å². The molecule has 0 aliphatic carbocycles. The van der Waals surface area contributed by atoms with Crippen molar-refractivity contribution in [1.29, 1.82) is 0 Å². The fourth-order valence-corrected chi connectivity index (χ4v) is 11.4. The third-order valence-electron chi connectivity index (χ3n) is 14.6. The zero-order chi connectivity index (χ0) is 48.7. The number of aromatic nitrogens is 4.